The summed E-state index contributed by atoms with van der Waals surface area (Å²) >= 11 is 1.56. The van der Waals surface area contributed by atoms with Crippen LogP contribution in [0.15, 0.2) is 47.8 Å². The van der Waals surface area contributed by atoms with Crippen LogP contribution in [0.3, 0.4) is 0 Å². The van der Waals surface area contributed by atoms with Crippen LogP contribution in [0.1, 0.15) is 5.56 Å². The molecule has 5 rings (SSSR count). The highest BCUT2D eigenvalue weighted by Gasteiger charge is 2.24. The molecule has 0 spiro atoms. The number of carbonyl (C=O) groups excluding carboxylic acids is 2. The minimum atomic E-state index is -0.0264. The molecule has 0 atom stereocenters. The van der Waals surface area contributed by atoms with Crippen LogP contribution in [0.4, 0.5) is 11.4 Å². The normalized spacial score (nSPS) is 16.3. The first-order valence-corrected chi connectivity index (χ1v) is 11.5. The largest absolute Gasteiger partial charge is 0.379 e. The molecule has 0 saturated carbocycles. The average molecular weight is 449 g/mol. The van der Waals surface area contributed by atoms with Crippen molar-refractivity contribution in [3.8, 4) is 21.8 Å². The van der Waals surface area contributed by atoms with Gasteiger partial charge in [-0.25, -0.2) is 4.98 Å². The topological polar surface area (TPSA) is 74.8 Å². The van der Waals surface area contributed by atoms with Gasteiger partial charge >= 0.3 is 0 Å². The first-order chi connectivity index (χ1) is 15.6. The van der Waals surface area contributed by atoms with Crippen molar-refractivity contribution in [2.24, 2.45) is 0 Å². The number of anilines is 2. The van der Waals surface area contributed by atoms with Crippen LogP contribution in [0, 0.1) is 0 Å². The van der Waals surface area contributed by atoms with Crippen molar-refractivity contribution in [2.45, 2.75) is 6.42 Å². The number of benzene rings is 2. The maximum absolute atomic E-state index is 12.4. The van der Waals surface area contributed by atoms with Gasteiger partial charge in [-0.15, -0.1) is 11.3 Å². The molecular formula is C24H24N4O3S. The molecule has 2 amide bonds. The first-order valence-electron chi connectivity index (χ1n) is 10.6. The van der Waals surface area contributed by atoms with Crippen molar-refractivity contribution in [2.75, 3.05) is 50.1 Å². The molecule has 8 heteroatoms. The standard InChI is InChI=1S/C24H24N4O3S/c1-27-21-6-5-16(11-18(21)13-23(27)30)20-15-32-24(26-20)17-3-2-4-19(12-17)25-22(29)14-28-7-9-31-10-8-28/h2-6,11-12,15H,7-10,13-14H2,1H3,(H,25,29). The third kappa shape index (κ3) is 4.29. The molecule has 2 aliphatic rings. The Balaban J connectivity index is 1.30. The van der Waals surface area contributed by atoms with E-state index in [0.717, 1.165) is 51.9 Å². The van der Waals surface area contributed by atoms with E-state index in [-0.39, 0.29) is 11.8 Å². The van der Waals surface area contributed by atoms with Gasteiger partial charge in [0.25, 0.3) is 0 Å². The Morgan fingerprint density at radius 1 is 1.16 bits per heavy atom. The number of nitrogens with zero attached hydrogens (tertiary/aromatic N) is 3. The number of likely N-dealkylation sites (N-methyl/N-ethyl adjacent to an activating group) is 1. The van der Waals surface area contributed by atoms with Gasteiger partial charge < -0.3 is 15.0 Å². The quantitative estimate of drug-likeness (QED) is 0.649. The zero-order chi connectivity index (χ0) is 22.1. The minimum Gasteiger partial charge on any atom is -0.379 e. The lowest BCUT2D eigenvalue weighted by molar-refractivity contribution is -0.118. The second-order valence-electron chi connectivity index (χ2n) is 8.03. The number of hydrogen-bond acceptors (Lipinski definition) is 6. The minimum absolute atomic E-state index is 0.0264. The molecule has 0 radical (unpaired) electrons. The Hall–Kier alpha value is -3.07. The number of rotatable bonds is 5. The van der Waals surface area contributed by atoms with Crippen molar-refractivity contribution >= 4 is 34.5 Å². The average Bonchev–Trinajstić information content (AvgIpc) is 3.39. The molecule has 7 nitrogen and oxygen atoms in total. The number of ether oxygens (including phenoxy) is 1. The van der Waals surface area contributed by atoms with E-state index < -0.39 is 0 Å². The van der Waals surface area contributed by atoms with Crippen LogP contribution < -0.4 is 10.2 Å². The van der Waals surface area contributed by atoms with Crippen molar-refractivity contribution in [1.82, 2.24) is 9.88 Å². The number of fused-ring (bicyclic) bond motifs is 1. The van der Waals surface area contributed by atoms with Crippen LogP contribution >= 0.6 is 11.3 Å². The number of amides is 2. The van der Waals surface area contributed by atoms with Crippen LogP contribution in [0.25, 0.3) is 21.8 Å². The number of thiazole rings is 1. The molecule has 1 N–H and O–H groups in total. The Morgan fingerprint density at radius 3 is 2.84 bits per heavy atom. The fraction of sp³-hybridized carbons (Fsp3) is 0.292. The lowest BCUT2D eigenvalue weighted by atomic mass is 10.1. The number of carbonyl (C=O) groups is 2. The molecule has 0 unspecified atom stereocenters. The maximum Gasteiger partial charge on any atom is 0.238 e. The summed E-state index contributed by atoms with van der Waals surface area (Å²) in [5, 5.41) is 5.91. The fourth-order valence-electron chi connectivity index (χ4n) is 4.06. The summed E-state index contributed by atoms with van der Waals surface area (Å²) in [5.74, 6) is 0.0881. The summed E-state index contributed by atoms with van der Waals surface area (Å²) < 4.78 is 5.33. The van der Waals surface area contributed by atoms with Crippen molar-refractivity contribution in [1.29, 1.82) is 0 Å². The predicted octanol–water partition coefficient (Wildman–Crippen LogP) is 3.27. The van der Waals surface area contributed by atoms with Crippen LogP contribution in [0.2, 0.25) is 0 Å². The Bertz CT molecular complexity index is 1170. The lowest BCUT2D eigenvalue weighted by Gasteiger charge is -2.25. The van der Waals surface area contributed by atoms with Gasteiger partial charge in [0.2, 0.25) is 11.8 Å². The van der Waals surface area contributed by atoms with Gasteiger partial charge in [0, 0.05) is 48.0 Å². The third-order valence-corrected chi connectivity index (χ3v) is 6.71. The van der Waals surface area contributed by atoms with E-state index in [1.807, 2.05) is 48.8 Å². The smallest absolute Gasteiger partial charge is 0.238 e. The lowest BCUT2D eigenvalue weighted by Crippen LogP contribution is -2.41. The molecule has 2 aromatic carbocycles. The van der Waals surface area contributed by atoms with E-state index in [9.17, 15) is 9.59 Å². The van der Waals surface area contributed by atoms with Crippen LogP contribution in [-0.4, -0.2) is 61.6 Å². The van der Waals surface area contributed by atoms with Crippen molar-refractivity contribution in [3.05, 3.63) is 53.4 Å². The molecule has 3 heterocycles. The van der Waals surface area contributed by atoms with Gasteiger partial charge in [0.05, 0.1) is 31.9 Å². The highest BCUT2D eigenvalue weighted by molar-refractivity contribution is 7.13. The van der Waals surface area contributed by atoms with Crippen molar-refractivity contribution in [3.63, 3.8) is 0 Å². The van der Waals surface area contributed by atoms with E-state index in [1.54, 1.807) is 16.2 Å². The van der Waals surface area contributed by atoms with Crippen molar-refractivity contribution < 1.29 is 14.3 Å². The number of morpholine rings is 1. The molecular weight excluding hydrogens is 424 g/mol. The summed E-state index contributed by atoms with van der Waals surface area (Å²) in [6.07, 6.45) is 0.433. The van der Waals surface area contributed by atoms with Gasteiger partial charge in [0.1, 0.15) is 5.01 Å². The summed E-state index contributed by atoms with van der Waals surface area (Å²) in [7, 11) is 1.81. The SMILES string of the molecule is CN1C(=O)Cc2cc(-c3csc(-c4cccc(NC(=O)CN5CCOCC5)c4)n3)ccc21. The maximum atomic E-state index is 12.4. The second kappa shape index (κ2) is 8.82. The van der Waals surface area contributed by atoms with Crippen LogP contribution in [-0.2, 0) is 20.7 Å². The highest BCUT2D eigenvalue weighted by Crippen LogP contribution is 2.34. The summed E-state index contributed by atoms with van der Waals surface area (Å²) in [6, 6.07) is 13.8. The number of nitrogens with one attached hydrogen (secondary N) is 1. The van der Waals surface area contributed by atoms with Gasteiger partial charge in [0.15, 0.2) is 0 Å². The predicted molar refractivity (Wildman–Crippen MR) is 126 cm³/mol. The Morgan fingerprint density at radius 2 is 2.00 bits per heavy atom. The molecule has 32 heavy (non-hydrogen) atoms. The molecule has 0 aliphatic carbocycles. The summed E-state index contributed by atoms with van der Waals surface area (Å²) in [6.45, 7) is 3.27. The second-order valence-corrected chi connectivity index (χ2v) is 8.89. The first kappa shape index (κ1) is 20.8. The molecule has 1 aromatic heterocycles. The third-order valence-electron chi connectivity index (χ3n) is 5.82. The molecule has 0 bridgehead atoms. The van der Waals surface area contributed by atoms with Crippen LogP contribution in [0.5, 0.6) is 0 Å². The molecule has 1 saturated heterocycles. The number of aromatic nitrogens is 1. The molecule has 1 fully saturated rings. The van der Waals surface area contributed by atoms with E-state index in [4.69, 9.17) is 9.72 Å². The highest BCUT2D eigenvalue weighted by atomic mass is 32.1. The van der Waals surface area contributed by atoms with E-state index in [1.165, 1.54) is 0 Å². The Labute approximate surface area is 190 Å². The molecule has 3 aromatic rings. The molecule has 164 valence electrons. The zero-order valence-corrected chi connectivity index (χ0v) is 18.7. The monoisotopic (exact) mass is 448 g/mol. The van der Waals surface area contributed by atoms with Gasteiger partial charge in [-0.05, 0) is 29.8 Å². The van der Waals surface area contributed by atoms with E-state index in [2.05, 4.69) is 16.3 Å². The van der Waals surface area contributed by atoms with E-state index >= 15 is 0 Å². The number of hydrogen-bond donors (Lipinski definition) is 1. The van der Waals surface area contributed by atoms with Gasteiger partial charge in [-0.2, -0.15) is 0 Å². The molecule has 2 aliphatic heterocycles. The summed E-state index contributed by atoms with van der Waals surface area (Å²) in [5.41, 5.74) is 5.61. The summed E-state index contributed by atoms with van der Waals surface area (Å²) in [4.78, 5) is 33.0. The van der Waals surface area contributed by atoms with E-state index in [0.29, 0.717) is 26.2 Å². The van der Waals surface area contributed by atoms with Gasteiger partial charge in [-0.1, -0.05) is 18.2 Å². The zero-order valence-electron chi connectivity index (χ0n) is 17.8. The fourth-order valence-corrected chi connectivity index (χ4v) is 4.89. The Kier molecular flexibility index (Phi) is 5.73. The van der Waals surface area contributed by atoms with Gasteiger partial charge in [-0.3, -0.25) is 14.5 Å².